The maximum atomic E-state index is 12.1. The van der Waals surface area contributed by atoms with Crippen LogP contribution in [0.3, 0.4) is 0 Å². The first-order valence-corrected chi connectivity index (χ1v) is 7.05. The second-order valence-corrected chi connectivity index (χ2v) is 6.38. The molecular weight excluding hydrogens is 318 g/mol. The number of rotatable bonds is 2. The lowest BCUT2D eigenvalue weighted by atomic mass is 9.95. The molecule has 1 N–H and O–H groups in total. The number of carbonyl (C=O) groups is 1. The zero-order valence-electron chi connectivity index (χ0n) is 11.6. The quantitative estimate of drug-likeness (QED) is 0.906. The molecule has 0 spiro atoms. The van der Waals surface area contributed by atoms with Gasteiger partial charge in [0.1, 0.15) is 0 Å². The standard InChI is InChI=1S/C15H16BrN3O/c1-15(2,3)14(20)19-12-6-5-10(16)9-11(12)13-17-7-4-8-18-13/h4-9H,1-3H3,(H,19,20). The number of carbonyl (C=O) groups excluding carboxylic acids is 1. The smallest absolute Gasteiger partial charge is 0.229 e. The van der Waals surface area contributed by atoms with Crippen molar-refractivity contribution in [2.24, 2.45) is 5.41 Å². The highest BCUT2D eigenvalue weighted by Gasteiger charge is 2.22. The van der Waals surface area contributed by atoms with Crippen LogP contribution in [0.2, 0.25) is 0 Å². The summed E-state index contributed by atoms with van der Waals surface area (Å²) in [4.78, 5) is 20.6. The molecule has 0 atom stereocenters. The van der Waals surface area contributed by atoms with Gasteiger partial charge in [-0.3, -0.25) is 4.79 Å². The van der Waals surface area contributed by atoms with E-state index in [1.165, 1.54) is 0 Å². The molecule has 0 unspecified atom stereocenters. The van der Waals surface area contributed by atoms with Gasteiger partial charge in [0, 0.05) is 27.8 Å². The molecule has 5 heteroatoms. The molecule has 104 valence electrons. The third kappa shape index (κ3) is 3.42. The minimum atomic E-state index is -0.456. The van der Waals surface area contributed by atoms with E-state index in [1.807, 2.05) is 39.0 Å². The second-order valence-electron chi connectivity index (χ2n) is 5.47. The SMILES string of the molecule is CC(C)(C)C(=O)Nc1ccc(Br)cc1-c1ncccn1. The highest BCUT2D eigenvalue weighted by Crippen LogP contribution is 2.29. The number of aromatic nitrogens is 2. The first-order chi connectivity index (χ1) is 9.38. The number of hydrogen-bond acceptors (Lipinski definition) is 3. The Morgan fingerprint density at radius 1 is 1.20 bits per heavy atom. The second kappa shape index (κ2) is 5.71. The lowest BCUT2D eigenvalue weighted by Gasteiger charge is -2.19. The normalized spacial score (nSPS) is 11.2. The molecule has 1 aromatic carbocycles. The predicted octanol–water partition coefficient (Wildman–Crippen LogP) is 3.89. The lowest BCUT2D eigenvalue weighted by molar-refractivity contribution is -0.123. The van der Waals surface area contributed by atoms with Crippen molar-refractivity contribution in [3.05, 3.63) is 41.1 Å². The Morgan fingerprint density at radius 3 is 2.45 bits per heavy atom. The van der Waals surface area contributed by atoms with E-state index in [-0.39, 0.29) is 5.91 Å². The Kier molecular flexibility index (Phi) is 4.18. The lowest BCUT2D eigenvalue weighted by Crippen LogP contribution is -2.27. The van der Waals surface area contributed by atoms with Gasteiger partial charge in [-0.25, -0.2) is 9.97 Å². The van der Waals surface area contributed by atoms with Crippen molar-refractivity contribution in [2.75, 3.05) is 5.32 Å². The van der Waals surface area contributed by atoms with Gasteiger partial charge in [0.05, 0.1) is 5.69 Å². The molecular formula is C15H16BrN3O. The molecule has 0 aliphatic heterocycles. The maximum absolute atomic E-state index is 12.1. The van der Waals surface area contributed by atoms with Gasteiger partial charge in [-0.2, -0.15) is 0 Å². The first kappa shape index (κ1) is 14.7. The van der Waals surface area contributed by atoms with E-state index in [9.17, 15) is 4.79 Å². The van der Waals surface area contributed by atoms with Crippen molar-refractivity contribution in [1.82, 2.24) is 9.97 Å². The molecule has 1 aromatic heterocycles. The number of hydrogen-bond donors (Lipinski definition) is 1. The molecule has 0 fully saturated rings. The van der Waals surface area contributed by atoms with Gasteiger partial charge in [0.2, 0.25) is 5.91 Å². The van der Waals surface area contributed by atoms with Crippen LogP contribution in [0.4, 0.5) is 5.69 Å². The summed E-state index contributed by atoms with van der Waals surface area (Å²) in [5.41, 5.74) is 1.04. The zero-order chi connectivity index (χ0) is 14.8. The summed E-state index contributed by atoms with van der Waals surface area (Å²) in [6.45, 7) is 5.62. The van der Waals surface area contributed by atoms with E-state index >= 15 is 0 Å². The number of amides is 1. The van der Waals surface area contributed by atoms with Crippen LogP contribution < -0.4 is 5.32 Å². The fourth-order valence-electron chi connectivity index (χ4n) is 1.56. The van der Waals surface area contributed by atoms with Gasteiger partial charge in [0.25, 0.3) is 0 Å². The molecule has 2 aromatic rings. The van der Waals surface area contributed by atoms with Crippen LogP contribution in [0.1, 0.15) is 20.8 Å². The number of benzene rings is 1. The third-order valence-corrected chi connectivity index (χ3v) is 3.21. The van der Waals surface area contributed by atoms with Crippen molar-refractivity contribution in [1.29, 1.82) is 0 Å². The maximum Gasteiger partial charge on any atom is 0.229 e. The molecule has 2 rings (SSSR count). The van der Waals surface area contributed by atoms with Crippen LogP contribution in [-0.2, 0) is 4.79 Å². The van der Waals surface area contributed by atoms with E-state index in [2.05, 4.69) is 31.2 Å². The van der Waals surface area contributed by atoms with Crippen molar-refractivity contribution in [3.8, 4) is 11.4 Å². The van der Waals surface area contributed by atoms with Gasteiger partial charge in [0.15, 0.2) is 5.82 Å². The first-order valence-electron chi connectivity index (χ1n) is 6.26. The van der Waals surface area contributed by atoms with Crippen LogP contribution in [0, 0.1) is 5.41 Å². The molecule has 0 aliphatic carbocycles. The van der Waals surface area contributed by atoms with Gasteiger partial charge in [-0.05, 0) is 24.3 Å². The van der Waals surface area contributed by atoms with Gasteiger partial charge >= 0.3 is 0 Å². The summed E-state index contributed by atoms with van der Waals surface area (Å²) in [7, 11) is 0. The van der Waals surface area contributed by atoms with Crippen molar-refractivity contribution >= 4 is 27.5 Å². The Hall–Kier alpha value is -1.75. The summed E-state index contributed by atoms with van der Waals surface area (Å²) in [5, 5.41) is 2.94. The molecule has 20 heavy (non-hydrogen) atoms. The Morgan fingerprint density at radius 2 is 1.85 bits per heavy atom. The van der Waals surface area contributed by atoms with Crippen molar-refractivity contribution in [3.63, 3.8) is 0 Å². The topological polar surface area (TPSA) is 54.9 Å². The molecule has 0 saturated carbocycles. The van der Waals surface area contributed by atoms with Crippen LogP contribution in [0.25, 0.3) is 11.4 Å². The highest BCUT2D eigenvalue weighted by atomic mass is 79.9. The highest BCUT2D eigenvalue weighted by molar-refractivity contribution is 9.10. The Balaban J connectivity index is 2.42. The molecule has 0 aliphatic rings. The van der Waals surface area contributed by atoms with Gasteiger partial charge in [-0.1, -0.05) is 36.7 Å². The Labute approximate surface area is 126 Å². The number of nitrogens with one attached hydrogen (secondary N) is 1. The molecule has 4 nitrogen and oxygen atoms in total. The minimum Gasteiger partial charge on any atom is -0.325 e. The summed E-state index contributed by atoms with van der Waals surface area (Å²) in [6, 6.07) is 7.38. The fourth-order valence-corrected chi connectivity index (χ4v) is 1.92. The van der Waals surface area contributed by atoms with E-state index in [1.54, 1.807) is 18.5 Å². The number of nitrogens with zero attached hydrogens (tertiary/aromatic N) is 2. The van der Waals surface area contributed by atoms with E-state index in [0.29, 0.717) is 11.5 Å². The van der Waals surface area contributed by atoms with Gasteiger partial charge < -0.3 is 5.32 Å². The number of halogens is 1. The van der Waals surface area contributed by atoms with Crippen LogP contribution >= 0.6 is 15.9 Å². The molecule has 0 saturated heterocycles. The monoisotopic (exact) mass is 333 g/mol. The summed E-state index contributed by atoms with van der Waals surface area (Å²) in [5.74, 6) is 0.537. The van der Waals surface area contributed by atoms with Crippen LogP contribution in [-0.4, -0.2) is 15.9 Å². The Bertz CT molecular complexity index is 621. The zero-order valence-corrected chi connectivity index (χ0v) is 13.2. The van der Waals surface area contributed by atoms with E-state index in [0.717, 1.165) is 10.0 Å². The minimum absolute atomic E-state index is 0.0444. The van der Waals surface area contributed by atoms with Crippen molar-refractivity contribution < 1.29 is 4.79 Å². The van der Waals surface area contributed by atoms with E-state index in [4.69, 9.17) is 0 Å². The predicted molar refractivity (Wildman–Crippen MR) is 83.3 cm³/mol. The molecule has 0 radical (unpaired) electrons. The largest absolute Gasteiger partial charge is 0.325 e. The van der Waals surface area contributed by atoms with Gasteiger partial charge in [-0.15, -0.1) is 0 Å². The summed E-state index contributed by atoms with van der Waals surface area (Å²) < 4.78 is 0.911. The average molecular weight is 334 g/mol. The van der Waals surface area contributed by atoms with Crippen molar-refractivity contribution in [2.45, 2.75) is 20.8 Å². The molecule has 0 bridgehead atoms. The summed E-state index contributed by atoms with van der Waals surface area (Å²) >= 11 is 3.43. The van der Waals surface area contributed by atoms with E-state index < -0.39 is 5.41 Å². The van der Waals surface area contributed by atoms with Crippen LogP contribution in [0.15, 0.2) is 41.1 Å². The molecule has 1 heterocycles. The summed E-state index contributed by atoms with van der Waals surface area (Å²) in [6.07, 6.45) is 3.36. The third-order valence-electron chi connectivity index (χ3n) is 2.72. The molecule has 1 amide bonds. The average Bonchev–Trinajstić information content (AvgIpc) is 2.40. The van der Waals surface area contributed by atoms with Crippen LogP contribution in [0.5, 0.6) is 0 Å². The number of anilines is 1. The fraction of sp³-hybridized carbons (Fsp3) is 0.267.